The van der Waals surface area contributed by atoms with Crippen LogP contribution in [0.2, 0.25) is 0 Å². The molecule has 15 heavy (non-hydrogen) atoms. The molecule has 1 fully saturated rings. The van der Waals surface area contributed by atoms with Crippen molar-refractivity contribution in [2.45, 2.75) is 32.9 Å². The molecule has 0 aromatic heterocycles. The molecule has 84 valence electrons. The maximum Gasteiger partial charge on any atom is 0.407 e. The molecule has 0 aromatic carbocycles. The van der Waals surface area contributed by atoms with E-state index in [0.717, 1.165) is 0 Å². The van der Waals surface area contributed by atoms with Gasteiger partial charge < -0.3 is 9.84 Å². The summed E-state index contributed by atoms with van der Waals surface area (Å²) >= 11 is 0. The maximum atomic E-state index is 11.1. The molecule has 1 N–H and O–H groups in total. The van der Waals surface area contributed by atoms with E-state index in [-0.39, 0.29) is 18.0 Å². The number of hydrogen-bond donors (Lipinski definition) is 1. The summed E-state index contributed by atoms with van der Waals surface area (Å²) in [6, 6.07) is -0.139. The monoisotopic (exact) mass is 211 g/mol. The first-order valence-electron chi connectivity index (χ1n) is 4.93. The third-order valence-electron chi connectivity index (χ3n) is 2.63. The van der Waals surface area contributed by atoms with Crippen molar-refractivity contribution in [1.82, 2.24) is 4.90 Å². The minimum absolute atomic E-state index is 0.139. The van der Waals surface area contributed by atoms with Crippen LogP contribution in [-0.4, -0.2) is 41.4 Å². The quantitative estimate of drug-likeness (QED) is 0.616. The third kappa shape index (κ3) is 2.63. The molecular formula is C11H17NO3. The highest BCUT2D eigenvalue weighted by Gasteiger charge is 2.38. The number of terminal acetylenes is 1. The van der Waals surface area contributed by atoms with Gasteiger partial charge >= 0.3 is 6.09 Å². The van der Waals surface area contributed by atoms with E-state index in [9.17, 15) is 4.79 Å². The first kappa shape index (κ1) is 11.9. The van der Waals surface area contributed by atoms with E-state index < -0.39 is 12.2 Å². The SMILES string of the molecule is C#CC1CN(C(=O)O)C(C(C)(C)C)CO1. The Hall–Kier alpha value is -1.21. The number of rotatable bonds is 0. The summed E-state index contributed by atoms with van der Waals surface area (Å²) in [6.07, 6.45) is 3.88. The highest BCUT2D eigenvalue weighted by molar-refractivity contribution is 5.66. The van der Waals surface area contributed by atoms with Crippen molar-refractivity contribution in [3.8, 4) is 12.3 Å². The highest BCUT2D eigenvalue weighted by atomic mass is 16.5. The van der Waals surface area contributed by atoms with Gasteiger partial charge in [0.15, 0.2) is 0 Å². The molecule has 1 aliphatic rings. The second-order valence-corrected chi connectivity index (χ2v) is 4.81. The number of ether oxygens (including phenoxy) is 1. The average Bonchev–Trinajstić information content (AvgIpc) is 2.15. The van der Waals surface area contributed by atoms with Gasteiger partial charge in [0.2, 0.25) is 0 Å². The van der Waals surface area contributed by atoms with E-state index in [1.54, 1.807) is 0 Å². The van der Waals surface area contributed by atoms with Crippen molar-refractivity contribution in [2.75, 3.05) is 13.2 Å². The summed E-state index contributed by atoms with van der Waals surface area (Å²) in [5.74, 6) is 2.43. The Morgan fingerprint density at radius 1 is 1.60 bits per heavy atom. The molecule has 4 heteroatoms. The summed E-state index contributed by atoms with van der Waals surface area (Å²) in [4.78, 5) is 12.5. The lowest BCUT2D eigenvalue weighted by Crippen LogP contribution is -2.56. The number of carboxylic acid groups (broad SMARTS) is 1. The van der Waals surface area contributed by atoms with Gasteiger partial charge in [0.25, 0.3) is 0 Å². The predicted molar refractivity (Wildman–Crippen MR) is 56.5 cm³/mol. The van der Waals surface area contributed by atoms with Crippen LogP contribution in [0.25, 0.3) is 0 Å². The van der Waals surface area contributed by atoms with Crippen LogP contribution in [0.15, 0.2) is 0 Å². The molecule has 2 atom stereocenters. The second-order valence-electron chi connectivity index (χ2n) is 4.81. The summed E-state index contributed by atoms with van der Waals surface area (Å²) in [7, 11) is 0. The summed E-state index contributed by atoms with van der Waals surface area (Å²) in [6.45, 7) is 6.60. The highest BCUT2D eigenvalue weighted by Crippen LogP contribution is 2.28. The van der Waals surface area contributed by atoms with Crippen molar-refractivity contribution in [1.29, 1.82) is 0 Å². The van der Waals surface area contributed by atoms with Crippen LogP contribution in [0.5, 0.6) is 0 Å². The molecule has 0 aromatic rings. The lowest BCUT2D eigenvalue weighted by atomic mass is 9.85. The third-order valence-corrected chi connectivity index (χ3v) is 2.63. The van der Waals surface area contributed by atoms with Gasteiger partial charge in [0.05, 0.1) is 19.2 Å². The lowest BCUT2D eigenvalue weighted by molar-refractivity contribution is -0.0612. The number of amides is 1. The van der Waals surface area contributed by atoms with Crippen LogP contribution in [0.1, 0.15) is 20.8 Å². The molecule has 1 aliphatic heterocycles. The lowest BCUT2D eigenvalue weighted by Gasteiger charge is -2.43. The molecule has 0 bridgehead atoms. The normalized spacial score (nSPS) is 27.2. The van der Waals surface area contributed by atoms with E-state index in [1.165, 1.54) is 4.90 Å². The largest absolute Gasteiger partial charge is 0.465 e. The topological polar surface area (TPSA) is 49.8 Å². The standard InChI is InChI=1S/C11H17NO3/c1-5-8-6-12(10(13)14)9(7-15-8)11(2,3)4/h1,8-9H,6-7H2,2-4H3,(H,13,14). The Bertz CT molecular complexity index is 287. The number of carbonyl (C=O) groups is 1. The van der Waals surface area contributed by atoms with Gasteiger partial charge in [-0.2, -0.15) is 0 Å². The van der Waals surface area contributed by atoms with Gasteiger partial charge in [0.1, 0.15) is 6.10 Å². The molecule has 0 saturated carbocycles. The summed E-state index contributed by atoms with van der Waals surface area (Å²) in [5.41, 5.74) is -0.141. The molecular weight excluding hydrogens is 194 g/mol. The van der Waals surface area contributed by atoms with Gasteiger partial charge in [-0.05, 0) is 5.41 Å². The fraction of sp³-hybridized carbons (Fsp3) is 0.727. The van der Waals surface area contributed by atoms with E-state index in [1.807, 2.05) is 20.8 Å². The van der Waals surface area contributed by atoms with Crippen molar-refractivity contribution < 1.29 is 14.6 Å². The maximum absolute atomic E-state index is 11.1. The average molecular weight is 211 g/mol. The number of morpholine rings is 1. The Balaban J connectivity index is 2.82. The zero-order chi connectivity index (χ0) is 11.6. The predicted octanol–water partition coefficient (Wildman–Crippen LogP) is 1.41. The molecule has 0 aliphatic carbocycles. The fourth-order valence-corrected chi connectivity index (χ4v) is 1.69. The smallest absolute Gasteiger partial charge is 0.407 e. The van der Waals surface area contributed by atoms with E-state index >= 15 is 0 Å². The Morgan fingerprint density at radius 3 is 2.60 bits per heavy atom. The van der Waals surface area contributed by atoms with Gasteiger partial charge in [-0.25, -0.2) is 4.79 Å². The van der Waals surface area contributed by atoms with E-state index in [0.29, 0.717) is 6.61 Å². The molecule has 0 radical (unpaired) electrons. The first-order valence-corrected chi connectivity index (χ1v) is 4.93. The Kier molecular flexibility index (Phi) is 3.25. The Morgan fingerprint density at radius 2 is 2.20 bits per heavy atom. The zero-order valence-electron chi connectivity index (χ0n) is 9.36. The summed E-state index contributed by atoms with van der Waals surface area (Å²) < 4.78 is 5.41. The van der Waals surface area contributed by atoms with Crippen LogP contribution >= 0.6 is 0 Å². The van der Waals surface area contributed by atoms with Crippen molar-refractivity contribution in [3.63, 3.8) is 0 Å². The number of hydrogen-bond acceptors (Lipinski definition) is 2. The van der Waals surface area contributed by atoms with Crippen LogP contribution < -0.4 is 0 Å². The zero-order valence-corrected chi connectivity index (χ0v) is 9.36. The molecule has 0 spiro atoms. The Labute approximate surface area is 90.2 Å². The van der Waals surface area contributed by atoms with Crippen LogP contribution in [0.4, 0.5) is 4.79 Å². The van der Waals surface area contributed by atoms with Crippen molar-refractivity contribution >= 4 is 6.09 Å². The van der Waals surface area contributed by atoms with Gasteiger partial charge in [-0.1, -0.05) is 26.7 Å². The van der Waals surface area contributed by atoms with Gasteiger partial charge in [-0.3, -0.25) is 4.90 Å². The van der Waals surface area contributed by atoms with E-state index in [4.69, 9.17) is 16.3 Å². The minimum Gasteiger partial charge on any atom is -0.465 e. The van der Waals surface area contributed by atoms with Crippen LogP contribution in [-0.2, 0) is 4.74 Å². The molecule has 1 saturated heterocycles. The first-order chi connectivity index (χ1) is 6.86. The molecule has 1 rings (SSSR count). The number of nitrogens with zero attached hydrogens (tertiary/aromatic N) is 1. The molecule has 1 heterocycles. The van der Waals surface area contributed by atoms with Gasteiger partial charge in [0, 0.05) is 0 Å². The van der Waals surface area contributed by atoms with Crippen LogP contribution in [0.3, 0.4) is 0 Å². The minimum atomic E-state index is -0.932. The molecule has 1 amide bonds. The van der Waals surface area contributed by atoms with Gasteiger partial charge in [-0.15, -0.1) is 6.42 Å². The molecule has 4 nitrogen and oxygen atoms in total. The van der Waals surface area contributed by atoms with E-state index in [2.05, 4.69) is 5.92 Å². The second kappa shape index (κ2) is 4.11. The summed E-state index contributed by atoms with van der Waals surface area (Å²) in [5, 5.41) is 9.09. The van der Waals surface area contributed by atoms with Crippen molar-refractivity contribution in [2.24, 2.45) is 5.41 Å². The fourth-order valence-electron chi connectivity index (χ4n) is 1.69. The van der Waals surface area contributed by atoms with Crippen molar-refractivity contribution in [3.05, 3.63) is 0 Å². The molecule has 2 unspecified atom stereocenters. The van der Waals surface area contributed by atoms with Crippen LogP contribution in [0, 0.1) is 17.8 Å².